The lowest BCUT2D eigenvalue weighted by Crippen LogP contribution is -2.54. The number of carboxylic acid groups (broad SMARTS) is 1. The number of hydrogen-bond acceptors (Lipinski definition) is 4. The highest BCUT2D eigenvalue weighted by atomic mass is 19.3. The van der Waals surface area contributed by atoms with Gasteiger partial charge in [0.15, 0.2) is 0 Å². The average molecular weight is 258 g/mol. The zero-order chi connectivity index (χ0) is 13.6. The van der Waals surface area contributed by atoms with E-state index in [1.54, 1.807) is 0 Å². The van der Waals surface area contributed by atoms with Gasteiger partial charge in [-0.2, -0.15) is 0 Å². The molecule has 0 atom stereocenters. The van der Waals surface area contributed by atoms with Crippen molar-refractivity contribution >= 4 is 11.7 Å². The van der Waals surface area contributed by atoms with E-state index in [-0.39, 0.29) is 11.4 Å². The van der Waals surface area contributed by atoms with Crippen molar-refractivity contribution in [3.05, 3.63) is 34.1 Å². The first-order valence-corrected chi connectivity index (χ1v) is 4.99. The van der Waals surface area contributed by atoms with Crippen molar-refractivity contribution in [3.63, 3.8) is 0 Å². The highest BCUT2D eigenvalue weighted by Gasteiger charge is 2.63. The summed E-state index contributed by atoms with van der Waals surface area (Å²) in [7, 11) is 0. The Balaban J connectivity index is 2.34. The molecule has 1 aliphatic rings. The average Bonchev–Trinajstić information content (AvgIpc) is 2.25. The van der Waals surface area contributed by atoms with Crippen LogP contribution in [0.15, 0.2) is 18.3 Å². The maximum Gasteiger partial charge on any atom is 0.316 e. The molecule has 6 nitrogen and oxygen atoms in total. The van der Waals surface area contributed by atoms with E-state index in [0.717, 1.165) is 18.3 Å². The van der Waals surface area contributed by atoms with E-state index < -0.39 is 35.1 Å². The summed E-state index contributed by atoms with van der Waals surface area (Å²) in [4.78, 5) is 24.4. The number of rotatable bonds is 3. The minimum Gasteiger partial charge on any atom is -0.481 e. The van der Waals surface area contributed by atoms with Crippen LogP contribution in [0.3, 0.4) is 0 Å². The second kappa shape index (κ2) is 3.69. The van der Waals surface area contributed by atoms with Crippen molar-refractivity contribution in [1.82, 2.24) is 4.98 Å². The second-order valence-corrected chi connectivity index (χ2v) is 4.26. The number of aromatic nitrogens is 1. The van der Waals surface area contributed by atoms with Crippen molar-refractivity contribution in [1.29, 1.82) is 0 Å². The van der Waals surface area contributed by atoms with Crippen LogP contribution in [0.25, 0.3) is 0 Å². The van der Waals surface area contributed by atoms with Crippen LogP contribution in [-0.4, -0.2) is 26.9 Å². The van der Waals surface area contributed by atoms with Gasteiger partial charge in [0, 0.05) is 18.9 Å². The molecule has 0 radical (unpaired) electrons. The minimum atomic E-state index is -3.03. The fourth-order valence-electron chi connectivity index (χ4n) is 2.05. The number of aliphatic carboxylic acids is 1. The standard InChI is InChI=1S/C10H8F2N2O4/c11-10(12)4-9(5-10,8(15)16)7-2-1-6(3-13-7)14(17)18/h1-3H,4-5H2,(H,15,16). The smallest absolute Gasteiger partial charge is 0.316 e. The number of carboxylic acids is 1. The predicted octanol–water partition coefficient (Wildman–Crippen LogP) is 1.74. The maximum absolute atomic E-state index is 12.9. The summed E-state index contributed by atoms with van der Waals surface area (Å²) < 4.78 is 25.8. The fraction of sp³-hybridized carbons (Fsp3) is 0.400. The first kappa shape index (κ1) is 12.3. The lowest BCUT2D eigenvalue weighted by molar-refractivity contribution is -0.385. The van der Waals surface area contributed by atoms with E-state index in [4.69, 9.17) is 5.11 Å². The number of hydrogen-bond donors (Lipinski definition) is 1. The van der Waals surface area contributed by atoms with Crippen molar-refractivity contribution in [2.24, 2.45) is 0 Å². The van der Waals surface area contributed by atoms with Gasteiger partial charge in [-0.3, -0.25) is 19.9 Å². The number of carbonyl (C=O) groups is 1. The first-order valence-electron chi connectivity index (χ1n) is 4.99. The molecule has 1 aromatic rings. The molecule has 0 amide bonds. The van der Waals surface area contributed by atoms with E-state index in [1.807, 2.05) is 0 Å². The molecule has 0 spiro atoms. The number of alkyl halides is 2. The summed E-state index contributed by atoms with van der Waals surface area (Å²) in [5.74, 6) is -4.42. The molecule has 8 heteroatoms. The molecule has 1 aromatic heterocycles. The van der Waals surface area contributed by atoms with Gasteiger partial charge >= 0.3 is 5.97 Å². The fourth-order valence-corrected chi connectivity index (χ4v) is 2.05. The Morgan fingerprint density at radius 1 is 1.44 bits per heavy atom. The normalized spacial score (nSPS) is 19.9. The van der Waals surface area contributed by atoms with Crippen LogP contribution >= 0.6 is 0 Å². The van der Waals surface area contributed by atoms with Crippen LogP contribution in [0.2, 0.25) is 0 Å². The lowest BCUT2D eigenvalue weighted by Gasteiger charge is -2.43. The summed E-state index contributed by atoms with van der Waals surface area (Å²) >= 11 is 0. The van der Waals surface area contributed by atoms with Crippen LogP contribution in [0.4, 0.5) is 14.5 Å². The van der Waals surface area contributed by atoms with Crippen LogP contribution in [0.1, 0.15) is 18.5 Å². The highest BCUT2D eigenvalue weighted by molar-refractivity contribution is 5.82. The van der Waals surface area contributed by atoms with E-state index in [0.29, 0.717) is 0 Å². The maximum atomic E-state index is 12.9. The van der Waals surface area contributed by atoms with E-state index in [9.17, 15) is 23.7 Å². The van der Waals surface area contributed by atoms with Crippen molar-refractivity contribution < 1.29 is 23.6 Å². The molecule has 0 saturated heterocycles. The number of halogens is 2. The van der Waals surface area contributed by atoms with Crippen molar-refractivity contribution in [2.45, 2.75) is 24.2 Å². The van der Waals surface area contributed by atoms with Gasteiger partial charge in [-0.25, -0.2) is 8.78 Å². The molecule has 1 aliphatic carbocycles. The second-order valence-electron chi connectivity index (χ2n) is 4.26. The lowest BCUT2D eigenvalue weighted by atomic mass is 9.64. The molecule has 1 N–H and O–H groups in total. The Bertz CT molecular complexity index is 507. The molecule has 1 fully saturated rings. The Kier molecular flexibility index (Phi) is 2.53. The molecule has 0 unspecified atom stereocenters. The summed E-state index contributed by atoms with van der Waals surface area (Å²) in [6, 6.07) is 2.17. The largest absolute Gasteiger partial charge is 0.481 e. The van der Waals surface area contributed by atoms with Gasteiger partial charge in [0.05, 0.1) is 10.6 Å². The Morgan fingerprint density at radius 3 is 2.39 bits per heavy atom. The summed E-state index contributed by atoms with van der Waals surface area (Å²) in [5.41, 5.74) is -2.13. The monoisotopic (exact) mass is 258 g/mol. The molecule has 2 rings (SSSR count). The predicted molar refractivity (Wildman–Crippen MR) is 54.4 cm³/mol. The Labute approximate surface area is 99.4 Å². The van der Waals surface area contributed by atoms with Crippen LogP contribution in [0.5, 0.6) is 0 Å². The van der Waals surface area contributed by atoms with Crippen molar-refractivity contribution in [3.8, 4) is 0 Å². The van der Waals surface area contributed by atoms with Gasteiger partial charge in [-0.05, 0) is 6.07 Å². The van der Waals surface area contributed by atoms with E-state index >= 15 is 0 Å². The zero-order valence-electron chi connectivity index (χ0n) is 8.97. The van der Waals surface area contributed by atoms with Gasteiger partial charge in [0.25, 0.3) is 11.6 Å². The summed E-state index contributed by atoms with van der Waals surface area (Å²) in [5, 5.41) is 19.5. The van der Waals surface area contributed by atoms with E-state index in [2.05, 4.69) is 4.98 Å². The van der Waals surface area contributed by atoms with Gasteiger partial charge < -0.3 is 5.11 Å². The third kappa shape index (κ3) is 1.79. The number of nitrogens with zero attached hydrogens (tertiary/aromatic N) is 2. The molecular weight excluding hydrogens is 250 g/mol. The van der Waals surface area contributed by atoms with Crippen LogP contribution in [0, 0.1) is 10.1 Å². The topological polar surface area (TPSA) is 93.3 Å². The molecule has 96 valence electrons. The number of pyridine rings is 1. The third-order valence-electron chi connectivity index (χ3n) is 2.98. The molecule has 0 aliphatic heterocycles. The van der Waals surface area contributed by atoms with Gasteiger partial charge in [-0.1, -0.05) is 0 Å². The Hall–Kier alpha value is -2.12. The van der Waals surface area contributed by atoms with Gasteiger partial charge in [-0.15, -0.1) is 0 Å². The molecular formula is C10H8F2N2O4. The van der Waals surface area contributed by atoms with Crippen LogP contribution < -0.4 is 0 Å². The minimum absolute atomic E-state index is 0.0773. The van der Waals surface area contributed by atoms with Gasteiger partial charge in [0.2, 0.25) is 0 Å². The molecule has 1 saturated carbocycles. The molecule has 0 bridgehead atoms. The summed E-state index contributed by atoms with van der Waals surface area (Å²) in [6.07, 6.45) is -0.795. The van der Waals surface area contributed by atoms with E-state index in [1.165, 1.54) is 0 Å². The first-order chi connectivity index (χ1) is 8.27. The SMILES string of the molecule is O=C(O)C1(c2ccc([N+](=O)[O-])cn2)CC(F)(F)C1. The number of nitro groups is 1. The third-order valence-corrected chi connectivity index (χ3v) is 2.98. The summed E-state index contributed by atoms with van der Waals surface area (Å²) in [6.45, 7) is 0. The van der Waals surface area contributed by atoms with Crippen LogP contribution in [-0.2, 0) is 10.2 Å². The van der Waals surface area contributed by atoms with Gasteiger partial charge in [0.1, 0.15) is 11.6 Å². The zero-order valence-corrected chi connectivity index (χ0v) is 8.97. The molecule has 1 heterocycles. The molecule has 18 heavy (non-hydrogen) atoms. The Morgan fingerprint density at radius 2 is 2.06 bits per heavy atom. The quantitative estimate of drug-likeness (QED) is 0.658. The van der Waals surface area contributed by atoms with Crippen molar-refractivity contribution in [2.75, 3.05) is 0 Å². The highest BCUT2D eigenvalue weighted by Crippen LogP contribution is 2.53. The molecule has 0 aromatic carbocycles.